The number of aryl methyl sites for hydroxylation is 2. The summed E-state index contributed by atoms with van der Waals surface area (Å²) in [6.45, 7) is 3.75. The van der Waals surface area contributed by atoms with E-state index in [1.165, 1.54) is 4.90 Å². The maximum atomic E-state index is 11.9. The van der Waals surface area contributed by atoms with Crippen molar-refractivity contribution in [3.05, 3.63) is 17.0 Å². The monoisotopic (exact) mass is 242 g/mol. The van der Waals surface area contributed by atoms with Gasteiger partial charge in [0, 0.05) is 18.7 Å². The van der Waals surface area contributed by atoms with E-state index in [2.05, 4.69) is 5.16 Å². The van der Waals surface area contributed by atoms with Gasteiger partial charge in [-0.25, -0.2) is 0 Å². The number of carbonyl (C=O) groups excluding carboxylic acids is 1. The van der Waals surface area contributed by atoms with Crippen molar-refractivity contribution in [2.45, 2.75) is 20.3 Å². The second kappa shape index (κ2) is 6.36. The molecule has 17 heavy (non-hydrogen) atoms. The Balaban J connectivity index is 2.69. The first kappa shape index (κ1) is 13.7. The summed E-state index contributed by atoms with van der Waals surface area (Å²) in [7, 11) is 0. The van der Waals surface area contributed by atoms with Gasteiger partial charge in [0.1, 0.15) is 5.76 Å². The molecule has 1 heterocycles. The van der Waals surface area contributed by atoms with Crippen LogP contribution in [0.25, 0.3) is 0 Å². The third-order valence-corrected chi connectivity index (χ3v) is 2.60. The van der Waals surface area contributed by atoms with Gasteiger partial charge >= 0.3 is 0 Å². The molecule has 0 saturated heterocycles. The molecule has 1 rings (SSSR count). The molecule has 0 aromatic carbocycles. The summed E-state index contributed by atoms with van der Waals surface area (Å²) in [4.78, 5) is 13.4. The molecule has 0 aliphatic heterocycles. The molecule has 0 bridgehead atoms. The molecule has 0 aliphatic carbocycles. The lowest BCUT2D eigenvalue weighted by molar-refractivity contribution is -0.131. The Morgan fingerprint density at radius 3 is 2.29 bits per heavy atom. The Hall–Kier alpha value is -1.40. The molecular formula is C11H18N2O4. The molecule has 1 amide bonds. The van der Waals surface area contributed by atoms with Crippen molar-refractivity contribution in [2.24, 2.45) is 0 Å². The van der Waals surface area contributed by atoms with Gasteiger partial charge in [0.15, 0.2) is 0 Å². The second-order valence-corrected chi connectivity index (χ2v) is 3.81. The van der Waals surface area contributed by atoms with E-state index < -0.39 is 0 Å². The summed E-state index contributed by atoms with van der Waals surface area (Å²) in [6, 6.07) is 0. The van der Waals surface area contributed by atoms with Crippen LogP contribution >= 0.6 is 0 Å². The normalized spacial score (nSPS) is 10.6. The fraction of sp³-hybridized carbons (Fsp3) is 0.636. The highest BCUT2D eigenvalue weighted by molar-refractivity contribution is 5.79. The van der Waals surface area contributed by atoms with Crippen molar-refractivity contribution in [1.82, 2.24) is 10.1 Å². The van der Waals surface area contributed by atoms with Crippen LogP contribution in [0.5, 0.6) is 0 Å². The van der Waals surface area contributed by atoms with Crippen LogP contribution in [0.2, 0.25) is 0 Å². The van der Waals surface area contributed by atoms with Crippen LogP contribution in [0.15, 0.2) is 4.52 Å². The van der Waals surface area contributed by atoms with Crippen LogP contribution < -0.4 is 0 Å². The van der Waals surface area contributed by atoms with Crippen molar-refractivity contribution < 1.29 is 19.5 Å². The number of hydrogen-bond donors (Lipinski definition) is 2. The number of aliphatic hydroxyl groups is 2. The maximum absolute atomic E-state index is 11.9. The summed E-state index contributed by atoms with van der Waals surface area (Å²) < 4.78 is 4.98. The molecule has 96 valence electrons. The predicted molar refractivity (Wildman–Crippen MR) is 60.4 cm³/mol. The van der Waals surface area contributed by atoms with E-state index in [1.54, 1.807) is 13.8 Å². The molecule has 6 nitrogen and oxygen atoms in total. The number of amides is 1. The van der Waals surface area contributed by atoms with Crippen LogP contribution in [0.3, 0.4) is 0 Å². The first-order valence-electron chi connectivity index (χ1n) is 5.51. The van der Waals surface area contributed by atoms with Gasteiger partial charge in [-0.2, -0.15) is 0 Å². The van der Waals surface area contributed by atoms with Crippen LogP contribution in [-0.4, -0.2) is 52.5 Å². The molecule has 0 saturated carbocycles. The molecule has 0 unspecified atom stereocenters. The first-order valence-corrected chi connectivity index (χ1v) is 5.51. The molecule has 1 aromatic heterocycles. The Kier molecular flexibility index (Phi) is 5.11. The van der Waals surface area contributed by atoms with Crippen LogP contribution in [0, 0.1) is 13.8 Å². The van der Waals surface area contributed by atoms with Gasteiger partial charge in [-0.05, 0) is 13.8 Å². The minimum Gasteiger partial charge on any atom is -0.395 e. The smallest absolute Gasteiger partial charge is 0.227 e. The topological polar surface area (TPSA) is 86.8 Å². The number of rotatable bonds is 6. The van der Waals surface area contributed by atoms with Crippen molar-refractivity contribution >= 4 is 5.91 Å². The molecule has 0 fully saturated rings. The van der Waals surface area contributed by atoms with Gasteiger partial charge in [-0.3, -0.25) is 4.79 Å². The predicted octanol–water partition coefficient (Wildman–Crippen LogP) is -0.353. The zero-order chi connectivity index (χ0) is 12.8. The quantitative estimate of drug-likeness (QED) is 0.712. The fourth-order valence-electron chi connectivity index (χ4n) is 1.62. The number of nitrogens with zero attached hydrogens (tertiary/aromatic N) is 2. The average Bonchev–Trinajstić information content (AvgIpc) is 2.60. The third kappa shape index (κ3) is 3.54. The molecular weight excluding hydrogens is 224 g/mol. The van der Waals surface area contributed by atoms with E-state index in [-0.39, 0.29) is 38.6 Å². The number of carbonyl (C=O) groups is 1. The van der Waals surface area contributed by atoms with E-state index in [9.17, 15) is 4.79 Å². The lowest BCUT2D eigenvalue weighted by atomic mass is 10.1. The summed E-state index contributed by atoms with van der Waals surface area (Å²) in [6.07, 6.45) is 0.182. The van der Waals surface area contributed by atoms with Crippen LogP contribution in [0.4, 0.5) is 0 Å². The van der Waals surface area contributed by atoms with Gasteiger partial charge in [-0.1, -0.05) is 5.16 Å². The summed E-state index contributed by atoms with van der Waals surface area (Å²) in [5.41, 5.74) is 1.47. The standard InChI is InChI=1S/C11H18N2O4/c1-8-10(9(2)17-12-8)7-11(16)13(3-5-14)4-6-15/h14-15H,3-7H2,1-2H3. The average molecular weight is 242 g/mol. The van der Waals surface area contributed by atoms with Crippen molar-refractivity contribution in [3.8, 4) is 0 Å². The van der Waals surface area contributed by atoms with Crippen molar-refractivity contribution in [1.29, 1.82) is 0 Å². The highest BCUT2D eigenvalue weighted by Crippen LogP contribution is 2.13. The van der Waals surface area contributed by atoms with Gasteiger partial charge in [-0.15, -0.1) is 0 Å². The Bertz CT molecular complexity index is 350. The molecule has 0 spiro atoms. The first-order chi connectivity index (χ1) is 8.10. The highest BCUT2D eigenvalue weighted by atomic mass is 16.5. The molecule has 1 aromatic rings. The summed E-state index contributed by atoms with van der Waals surface area (Å²) in [5.74, 6) is 0.478. The second-order valence-electron chi connectivity index (χ2n) is 3.81. The summed E-state index contributed by atoms with van der Waals surface area (Å²) in [5, 5.41) is 21.5. The Labute approximate surface area is 99.8 Å². The highest BCUT2D eigenvalue weighted by Gasteiger charge is 2.18. The molecule has 2 N–H and O–H groups in total. The van der Waals surface area contributed by atoms with E-state index in [1.807, 2.05) is 0 Å². The Morgan fingerprint density at radius 2 is 1.88 bits per heavy atom. The van der Waals surface area contributed by atoms with Gasteiger partial charge < -0.3 is 19.6 Å². The SMILES string of the molecule is Cc1noc(C)c1CC(=O)N(CCO)CCO. The van der Waals surface area contributed by atoms with Crippen molar-refractivity contribution in [2.75, 3.05) is 26.3 Å². The number of hydrogen-bond acceptors (Lipinski definition) is 5. The van der Waals surface area contributed by atoms with E-state index in [0.29, 0.717) is 11.5 Å². The van der Waals surface area contributed by atoms with E-state index >= 15 is 0 Å². The zero-order valence-corrected chi connectivity index (χ0v) is 10.1. The van der Waals surface area contributed by atoms with Gasteiger partial charge in [0.05, 0.1) is 25.3 Å². The molecule has 0 radical (unpaired) electrons. The van der Waals surface area contributed by atoms with Crippen LogP contribution in [0.1, 0.15) is 17.0 Å². The van der Waals surface area contributed by atoms with Gasteiger partial charge in [0.2, 0.25) is 5.91 Å². The lowest BCUT2D eigenvalue weighted by Crippen LogP contribution is -2.37. The third-order valence-electron chi connectivity index (χ3n) is 2.60. The fourth-order valence-corrected chi connectivity index (χ4v) is 1.62. The largest absolute Gasteiger partial charge is 0.395 e. The minimum absolute atomic E-state index is 0.118. The van der Waals surface area contributed by atoms with Crippen LogP contribution in [-0.2, 0) is 11.2 Å². The lowest BCUT2D eigenvalue weighted by Gasteiger charge is -2.20. The number of aliphatic hydroxyl groups excluding tert-OH is 2. The van der Waals surface area contributed by atoms with Gasteiger partial charge in [0.25, 0.3) is 0 Å². The molecule has 0 aliphatic rings. The summed E-state index contributed by atoms with van der Waals surface area (Å²) >= 11 is 0. The van der Waals surface area contributed by atoms with E-state index in [4.69, 9.17) is 14.7 Å². The molecule has 6 heteroatoms. The zero-order valence-electron chi connectivity index (χ0n) is 10.1. The minimum atomic E-state index is -0.150. The number of aromatic nitrogens is 1. The maximum Gasteiger partial charge on any atom is 0.227 e. The van der Waals surface area contributed by atoms with Crippen molar-refractivity contribution in [3.63, 3.8) is 0 Å². The van der Waals surface area contributed by atoms with E-state index in [0.717, 1.165) is 5.56 Å². The Morgan fingerprint density at radius 1 is 1.29 bits per heavy atom. The molecule has 0 atom stereocenters.